The molecule has 0 saturated heterocycles. The number of ether oxygens (including phenoxy) is 1. The molecule has 0 atom stereocenters. The number of rotatable bonds is 4. The summed E-state index contributed by atoms with van der Waals surface area (Å²) >= 11 is 6.00. The number of para-hydroxylation sites is 1. The van der Waals surface area contributed by atoms with Gasteiger partial charge in [-0.25, -0.2) is 0 Å². The summed E-state index contributed by atoms with van der Waals surface area (Å²) in [6.07, 6.45) is 0.903. The highest BCUT2D eigenvalue weighted by atomic mass is 35.5. The molecular formula is C11H14ClNO2. The molecule has 0 bridgehead atoms. The largest absolute Gasteiger partial charge is 0.491 e. The first kappa shape index (κ1) is 11.9. The van der Waals surface area contributed by atoms with E-state index in [9.17, 15) is 0 Å². The lowest BCUT2D eigenvalue weighted by Gasteiger charge is -2.11. The SMILES string of the molecule is CCCOc1c(Cl)cccc1/C(C)=N/O. The Kier molecular flexibility index (Phi) is 4.43. The Labute approximate surface area is 94.3 Å². The van der Waals surface area contributed by atoms with E-state index in [4.69, 9.17) is 21.5 Å². The molecule has 0 radical (unpaired) electrons. The molecule has 15 heavy (non-hydrogen) atoms. The average molecular weight is 228 g/mol. The first-order valence-electron chi connectivity index (χ1n) is 4.81. The zero-order chi connectivity index (χ0) is 11.3. The molecule has 1 aromatic carbocycles. The number of nitrogens with zero attached hydrogens (tertiary/aromatic N) is 1. The van der Waals surface area contributed by atoms with E-state index < -0.39 is 0 Å². The minimum Gasteiger partial charge on any atom is -0.491 e. The molecule has 0 aromatic heterocycles. The van der Waals surface area contributed by atoms with Crippen LogP contribution in [0.3, 0.4) is 0 Å². The molecule has 0 fully saturated rings. The summed E-state index contributed by atoms with van der Waals surface area (Å²) in [6.45, 7) is 4.31. The standard InChI is InChI=1S/C11H14ClNO2/c1-3-7-15-11-9(8(2)13-14)5-4-6-10(11)12/h4-6,14H,3,7H2,1-2H3/b13-8+. The van der Waals surface area contributed by atoms with E-state index >= 15 is 0 Å². The zero-order valence-corrected chi connectivity index (χ0v) is 9.58. The van der Waals surface area contributed by atoms with Crippen LogP contribution in [0.15, 0.2) is 23.4 Å². The average Bonchev–Trinajstić information content (AvgIpc) is 2.26. The summed E-state index contributed by atoms with van der Waals surface area (Å²) in [6, 6.07) is 5.36. The lowest BCUT2D eigenvalue weighted by Crippen LogP contribution is -2.03. The van der Waals surface area contributed by atoms with Crippen LogP contribution >= 0.6 is 11.6 Å². The van der Waals surface area contributed by atoms with Crippen LogP contribution in [0.25, 0.3) is 0 Å². The molecule has 1 aromatic rings. The van der Waals surface area contributed by atoms with E-state index in [0.717, 1.165) is 12.0 Å². The second-order valence-corrected chi connectivity index (χ2v) is 3.56. The van der Waals surface area contributed by atoms with Crippen molar-refractivity contribution < 1.29 is 9.94 Å². The molecule has 0 amide bonds. The van der Waals surface area contributed by atoms with Crippen molar-refractivity contribution >= 4 is 17.3 Å². The van der Waals surface area contributed by atoms with Crippen molar-refractivity contribution in [1.29, 1.82) is 0 Å². The summed E-state index contributed by atoms with van der Waals surface area (Å²) in [4.78, 5) is 0. The Morgan fingerprint density at radius 2 is 2.27 bits per heavy atom. The second-order valence-electron chi connectivity index (χ2n) is 3.15. The van der Waals surface area contributed by atoms with E-state index in [2.05, 4.69) is 5.16 Å². The summed E-state index contributed by atoms with van der Waals surface area (Å²) in [7, 11) is 0. The minimum atomic E-state index is 0.489. The maximum Gasteiger partial charge on any atom is 0.147 e. The van der Waals surface area contributed by atoms with Gasteiger partial charge in [-0.2, -0.15) is 0 Å². The Morgan fingerprint density at radius 1 is 1.53 bits per heavy atom. The van der Waals surface area contributed by atoms with Gasteiger partial charge in [-0.05, 0) is 25.5 Å². The number of halogens is 1. The minimum absolute atomic E-state index is 0.489. The van der Waals surface area contributed by atoms with E-state index in [-0.39, 0.29) is 0 Å². The fraction of sp³-hybridized carbons (Fsp3) is 0.364. The van der Waals surface area contributed by atoms with E-state index in [1.807, 2.05) is 13.0 Å². The quantitative estimate of drug-likeness (QED) is 0.487. The smallest absolute Gasteiger partial charge is 0.147 e. The van der Waals surface area contributed by atoms with Crippen molar-refractivity contribution in [2.45, 2.75) is 20.3 Å². The molecule has 3 nitrogen and oxygen atoms in total. The van der Waals surface area contributed by atoms with Crippen LogP contribution in [0.1, 0.15) is 25.8 Å². The molecular weight excluding hydrogens is 214 g/mol. The highest BCUT2D eigenvalue weighted by molar-refractivity contribution is 6.32. The third-order valence-corrected chi connectivity index (χ3v) is 2.25. The van der Waals surface area contributed by atoms with Crippen molar-refractivity contribution in [1.82, 2.24) is 0 Å². The first-order chi connectivity index (χ1) is 7.20. The lowest BCUT2D eigenvalue weighted by molar-refractivity contribution is 0.312. The number of benzene rings is 1. The molecule has 0 spiro atoms. The van der Waals surface area contributed by atoms with Crippen LogP contribution < -0.4 is 4.74 Å². The number of oxime groups is 1. The lowest BCUT2D eigenvalue weighted by atomic mass is 10.1. The van der Waals surface area contributed by atoms with Gasteiger partial charge < -0.3 is 9.94 Å². The van der Waals surface area contributed by atoms with E-state index in [0.29, 0.717) is 23.1 Å². The van der Waals surface area contributed by atoms with E-state index in [1.165, 1.54) is 0 Å². The maximum absolute atomic E-state index is 8.72. The highest BCUT2D eigenvalue weighted by Crippen LogP contribution is 2.29. The third kappa shape index (κ3) is 2.86. The molecule has 0 saturated carbocycles. The molecule has 0 aliphatic heterocycles. The molecule has 82 valence electrons. The van der Waals surface area contributed by atoms with Gasteiger partial charge in [-0.1, -0.05) is 29.7 Å². The molecule has 0 aliphatic carbocycles. The maximum atomic E-state index is 8.72. The predicted molar refractivity (Wildman–Crippen MR) is 61.2 cm³/mol. The van der Waals surface area contributed by atoms with Gasteiger partial charge in [-0.15, -0.1) is 0 Å². The van der Waals surface area contributed by atoms with Crippen LogP contribution in [-0.2, 0) is 0 Å². The van der Waals surface area contributed by atoms with Crippen LogP contribution in [0.5, 0.6) is 5.75 Å². The topological polar surface area (TPSA) is 41.8 Å². The van der Waals surface area contributed by atoms with Gasteiger partial charge in [0.05, 0.1) is 17.3 Å². The fourth-order valence-electron chi connectivity index (χ4n) is 1.20. The van der Waals surface area contributed by atoms with Gasteiger partial charge in [-0.3, -0.25) is 0 Å². The molecule has 1 N–H and O–H groups in total. The predicted octanol–water partition coefficient (Wildman–Crippen LogP) is 3.33. The monoisotopic (exact) mass is 227 g/mol. The van der Waals surface area contributed by atoms with Crippen LogP contribution in [0.2, 0.25) is 5.02 Å². The number of hydrogen-bond donors (Lipinski definition) is 1. The number of hydrogen-bond acceptors (Lipinski definition) is 3. The summed E-state index contributed by atoms with van der Waals surface area (Å²) < 4.78 is 5.52. The Bertz CT molecular complexity index is 364. The molecule has 0 aliphatic rings. The zero-order valence-electron chi connectivity index (χ0n) is 8.83. The van der Waals surface area contributed by atoms with Crippen molar-refractivity contribution in [2.75, 3.05) is 6.61 Å². The van der Waals surface area contributed by atoms with Crippen LogP contribution in [0.4, 0.5) is 0 Å². The fourth-order valence-corrected chi connectivity index (χ4v) is 1.43. The van der Waals surface area contributed by atoms with Gasteiger partial charge in [0, 0.05) is 5.56 Å². The van der Waals surface area contributed by atoms with Crippen molar-refractivity contribution in [3.8, 4) is 5.75 Å². The van der Waals surface area contributed by atoms with Crippen molar-refractivity contribution in [3.63, 3.8) is 0 Å². The van der Waals surface area contributed by atoms with Crippen LogP contribution in [0, 0.1) is 0 Å². The Morgan fingerprint density at radius 3 is 2.87 bits per heavy atom. The van der Waals surface area contributed by atoms with Gasteiger partial charge in [0.1, 0.15) is 5.75 Å². The Balaban J connectivity index is 3.08. The molecule has 1 rings (SSSR count). The van der Waals surface area contributed by atoms with Crippen LogP contribution in [-0.4, -0.2) is 17.5 Å². The summed E-state index contributed by atoms with van der Waals surface area (Å²) in [5.41, 5.74) is 1.21. The third-order valence-electron chi connectivity index (χ3n) is 1.96. The van der Waals surface area contributed by atoms with Gasteiger partial charge in [0.2, 0.25) is 0 Å². The van der Waals surface area contributed by atoms with E-state index in [1.54, 1.807) is 19.1 Å². The second kappa shape index (κ2) is 5.61. The highest BCUT2D eigenvalue weighted by Gasteiger charge is 2.10. The molecule has 4 heteroatoms. The van der Waals surface area contributed by atoms with Gasteiger partial charge in [0.25, 0.3) is 0 Å². The summed E-state index contributed by atoms with van der Waals surface area (Å²) in [5.74, 6) is 0.580. The van der Waals surface area contributed by atoms with Gasteiger partial charge >= 0.3 is 0 Å². The van der Waals surface area contributed by atoms with Crippen molar-refractivity contribution in [2.24, 2.45) is 5.16 Å². The molecule has 0 heterocycles. The molecule has 0 unspecified atom stereocenters. The first-order valence-corrected chi connectivity index (χ1v) is 5.18. The van der Waals surface area contributed by atoms with Gasteiger partial charge in [0.15, 0.2) is 0 Å². The summed E-state index contributed by atoms with van der Waals surface area (Å²) in [5, 5.41) is 12.4. The van der Waals surface area contributed by atoms with Crippen molar-refractivity contribution in [3.05, 3.63) is 28.8 Å². The normalized spacial score (nSPS) is 11.5. The Hall–Kier alpha value is -1.22.